The van der Waals surface area contributed by atoms with Gasteiger partial charge >= 0.3 is 11.9 Å². The number of benzene rings is 2. The molecule has 3 rings (SSSR count). The van der Waals surface area contributed by atoms with Crippen molar-refractivity contribution in [2.75, 3.05) is 20.3 Å². The highest BCUT2D eigenvalue weighted by molar-refractivity contribution is 5.89. The fourth-order valence-electron chi connectivity index (χ4n) is 2.50. The Hall–Kier alpha value is -3.81. The van der Waals surface area contributed by atoms with Crippen molar-refractivity contribution in [2.24, 2.45) is 0 Å². The molecule has 29 heavy (non-hydrogen) atoms. The zero-order chi connectivity index (χ0) is 20.8. The normalized spacial score (nSPS) is 10.4. The third kappa shape index (κ3) is 4.73. The van der Waals surface area contributed by atoms with Crippen molar-refractivity contribution in [3.05, 3.63) is 64.5 Å². The van der Waals surface area contributed by atoms with Gasteiger partial charge in [-0.2, -0.15) is 0 Å². The maximum Gasteiger partial charge on any atom is 0.344 e. The quantitative estimate of drug-likeness (QED) is 0.559. The number of carbonyl (C=O) groups is 2. The fourth-order valence-corrected chi connectivity index (χ4v) is 2.50. The maximum absolute atomic E-state index is 12.6. The van der Waals surface area contributed by atoms with Gasteiger partial charge in [-0.05, 0) is 43.3 Å². The molecule has 0 amide bonds. The molecule has 0 spiro atoms. The lowest BCUT2D eigenvalue weighted by molar-refractivity contribution is -0.145. The van der Waals surface area contributed by atoms with E-state index in [1.54, 1.807) is 25.1 Å². The SMILES string of the molecule is CCOC(=O)COc1ccc2c(=O)c(Oc3ccc(C(=O)OC)cc3)coc2c1. The first kappa shape index (κ1) is 19.9. The van der Waals surface area contributed by atoms with E-state index in [9.17, 15) is 14.4 Å². The van der Waals surface area contributed by atoms with E-state index < -0.39 is 11.9 Å². The van der Waals surface area contributed by atoms with Crippen LogP contribution in [0.5, 0.6) is 17.2 Å². The number of hydrogen-bond donors (Lipinski definition) is 0. The molecule has 0 saturated heterocycles. The smallest absolute Gasteiger partial charge is 0.344 e. The lowest BCUT2D eigenvalue weighted by atomic mass is 10.2. The minimum atomic E-state index is -0.490. The Kier molecular flexibility index (Phi) is 6.13. The Morgan fingerprint density at radius 2 is 1.76 bits per heavy atom. The Morgan fingerprint density at radius 1 is 1.03 bits per heavy atom. The highest BCUT2D eigenvalue weighted by Crippen LogP contribution is 2.24. The molecule has 0 N–H and O–H groups in total. The summed E-state index contributed by atoms with van der Waals surface area (Å²) >= 11 is 0. The number of rotatable bonds is 7. The molecule has 0 unspecified atom stereocenters. The van der Waals surface area contributed by atoms with E-state index in [0.29, 0.717) is 17.1 Å². The van der Waals surface area contributed by atoms with Crippen LogP contribution in [-0.2, 0) is 14.3 Å². The number of hydrogen-bond acceptors (Lipinski definition) is 8. The molecule has 0 atom stereocenters. The van der Waals surface area contributed by atoms with E-state index in [1.165, 1.54) is 37.6 Å². The van der Waals surface area contributed by atoms with E-state index in [0.717, 1.165) is 0 Å². The van der Waals surface area contributed by atoms with Crippen LogP contribution in [0, 0.1) is 0 Å². The number of methoxy groups -OCH3 is 1. The summed E-state index contributed by atoms with van der Waals surface area (Å²) in [5.41, 5.74) is 0.269. The van der Waals surface area contributed by atoms with Crippen molar-refractivity contribution in [3.63, 3.8) is 0 Å². The van der Waals surface area contributed by atoms with E-state index in [1.807, 2.05) is 0 Å². The predicted molar refractivity (Wildman–Crippen MR) is 102 cm³/mol. The fraction of sp³-hybridized carbons (Fsp3) is 0.190. The second-order valence-corrected chi connectivity index (χ2v) is 5.80. The van der Waals surface area contributed by atoms with Gasteiger partial charge in [0.15, 0.2) is 6.61 Å². The molecule has 0 aliphatic carbocycles. The molecule has 8 heteroatoms. The van der Waals surface area contributed by atoms with Crippen molar-refractivity contribution in [3.8, 4) is 17.2 Å². The standard InChI is InChI=1S/C21H18O8/c1-3-26-19(22)12-27-15-8-9-16-17(10-15)28-11-18(20(16)23)29-14-6-4-13(5-7-14)21(24)25-2/h4-11H,3,12H2,1-2H3. The average molecular weight is 398 g/mol. The average Bonchev–Trinajstić information content (AvgIpc) is 2.74. The van der Waals surface area contributed by atoms with Gasteiger partial charge in [0.25, 0.3) is 0 Å². The third-order valence-electron chi connectivity index (χ3n) is 3.88. The first-order valence-corrected chi connectivity index (χ1v) is 8.72. The molecule has 2 aromatic carbocycles. The summed E-state index contributed by atoms with van der Waals surface area (Å²) in [6.45, 7) is 1.73. The van der Waals surface area contributed by atoms with Crippen molar-refractivity contribution < 1.29 is 33.0 Å². The Bertz CT molecular complexity index is 1080. The Balaban J connectivity index is 1.77. The molecule has 1 aromatic heterocycles. The second kappa shape index (κ2) is 8.92. The summed E-state index contributed by atoms with van der Waals surface area (Å²) in [5, 5.41) is 0.289. The first-order chi connectivity index (χ1) is 14.0. The monoisotopic (exact) mass is 398 g/mol. The molecule has 0 fully saturated rings. The van der Waals surface area contributed by atoms with Crippen LogP contribution in [0.25, 0.3) is 11.0 Å². The summed E-state index contributed by atoms with van der Waals surface area (Å²) in [7, 11) is 1.29. The molecule has 3 aromatic rings. The van der Waals surface area contributed by atoms with Crippen LogP contribution in [0.4, 0.5) is 0 Å². The van der Waals surface area contributed by atoms with E-state index in [-0.39, 0.29) is 35.4 Å². The van der Waals surface area contributed by atoms with Gasteiger partial charge in [-0.15, -0.1) is 0 Å². The highest BCUT2D eigenvalue weighted by Gasteiger charge is 2.12. The molecule has 1 heterocycles. The number of carbonyl (C=O) groups excluding carboxylic acids is 2. The second-order valence-electron chi connectivity index (χ2n) is 5.80. The molecule has 0 aliphatic heterocycles. The highest BCUT2D eigenvalue weighted by atomic mass is 16.6. The van der Waals surface area contributed by atoms with Crippen LogP contribution in [0.3, 0.4) is 0 Å². The molecule has 0 aliphatic rings. The van der Waals surface area contributed by atoms with Gasteiger partial charge in [0.1, 0.15) is 23.3 Å². The van der Waals surface area contributed by atoms with Gasteiger partial charge in [-0.1, -0.05) is 0 Å². The van der Waals surface area contributed by atoms with Gasteiger partial charge in [0.2, 0.25) is 11.2 Å². The maximum atomic E-state index is 12.6. The van der Waals surface area contributed by atoms with E-state index in [2.05, 4.69) is 4.74 Å². The van der Waals surface area contributed by atoms with Crippen molar-refractivity contribution in [2.45, 2.75) is 6.92 Å². The zero-order valence-corrected chi connectivity index (χ0v) is 15.8. The van der Waals surface area contributed by atoms with Crippen LogP contribution in [0.15, 0.2) is 57.9 Å². The van der Waals surface area contributed by atoms with E-state index >= 15 is 0 Å². The molecule has 0 radical (unpaired) electrons. The lowest BCUT2D eigenvalue weighted by Gasteiger charge is -2.08. The zero-order valence-electron chi connectivity index (χ0n) is 15.8. The molecule has 150 valence electrons. The molecule has 0 bridgehead atoms. The third-order valence-corrected chi connectivity index (χ3v) is 3.88. The van der Waals surface area contributed by atoms with Gasteiger partial charge < -0.3 is 23.4 Å². The van der Waals surface area contributed by atoms with Crippen molar-refractivity contribution in [1.29, 1.82) is 0 Å². The summed E-state index contributed by atoms with van der Waals surface area (Å²) in [4.78, 5) is 35.5. The topological polar surface area (TPSA) is 101 Å². The molecular weight excluding hydrogens is 380 g/mol. The minimum Gasteiger partial charge on any atom is -0.482 e. The van der Waals surface area contributed by atoms with Crippen LogP contribution in [0.1, 0.15) is 17.3 Å². The largest absolute Gasteiger partial charge is 0.482 e. The van der Waals surface area contributed by atoms with Gasteiger partial charge in [0.05, 0.1) is 24.7 Å². The Labute approximate surface area is 165 Å². The lowest BCUT2D eigenvalue weighted by Crippen LogP contribution is -2.14. The molecule has 8 nitrogen and oxygen atoms in total. The predicted octanol–water partition coefficient (Wildman–Crippen LogP) is 3.31. The van der Waals surface area contributed by atoms with Gasteiger partial charge in [-0.25, -0.2) is 9.59 Å². The minimum absolute atomic E-state index is 0.0106. The van der Waals surface area contributed by atoms with Crippen molar-refractivity contribution >= 4 is 22.9 Å². The molecule has 0 saturated carbocycles. The van der Waals surface area contributed by atoms with E-state index in [4.69, 9.17) is 18.6 Å². The van der Waals surface area contributed by atoms with Crippen LogP contribution in [-0.4, -0.2) is 32.3 Å². The van der Waals surface area contributed by atoms with Gasteiger partial charge in [0, 0.05) is 6.07 Å². The summed E-state index contributed by atoms with van der Waals surface area (Å²) in [5.74, 6) is -0.248. The van der Waals surface area contributed by atoms with Crippen LogP contribution < -0.4 is 14.9 Å². The number of ether oxygens (including phenoxy) is 4. The number of fused-ring (bicyclic) bond motifs is 1. The first-order valence-electron chi connectivity index (χ1n) is 8.72. The molecular formula is C21H18O8. The van der Waals surface area contributed by atoms with Crippen LogP contribution >= 0.6 is 0 Å². The van der Waals surface area contributed by atoms with Gasteiger partial charge in [-0.3, -0.25) is 4.79 Å². The summed E-state index contributed by atoms with van der Waals surface area (Å²) in [6, 6.07) is 10.7. The van der Waals surface area contributed by atoms with Crippen LogP contribution in [0.2, 0.25) is 0 Å². The number of esters is 2. The summed E-state index contributed by atoms with van der Waals surface area (Å²) in [6.07, 6.45) is 1.19. The summed E-state index contributed by atoms with van der Waals surface area (Å²) < 4.78 is 25.8. The van der Waals surface area contributed by atoms with Crippen molar-refractivity contribution in [1.82, 2.24) is 0 Å². The Morgan fingerprint density at radius 3 is 2.45 bits per heavy atom.